The highest BCUT2D eigenvalue weighted by molar-refractivity contribution is 8.13. The summed E-state index contributed by atoms with van der Waals surface area (Å²) in [5.74, 6) is 1.23. The Morgan fingerprint density at radius 1 is 1.50 bits per heavy atom. The van der Waals surface area contributed by atoms with E-state index in [0.29, 0.717) is 12.5 Å². The first kappa shape index (κ1) is 12.9. The Morgan fingerprint density at radius 3 is 2.88 bits per heavy atom. The Bertz CT molecular complexity index is 353. The van der Waals surface area contributed by atoms with E-state index in [2.05, 4.69) is 19.2 Å². The first-order chi connectivity index (χ1) is 7.61. The monoisotopic (exact) mass is 239 g/mol. The molecular formula is C12H17NO2S. The van der Waals surface area contributed by atoms with E-state index in [1.54, 1.807) is 7.11 Å². The molecule has 0 aromatic heterocycles. The predicted octanol–water partition coefficient (Wildman–Crippen LogP) is 3.15. The fraction of sp³-hybridized carbons (Fsp3) is 0.417. The van der Waals surface area contributed by atoms with E-state index < -0.39 is 0 Å². The molecule has 1 aromatic rings. The van der Waals surface area contributed by atoms with Gasteiger partial charge in [0.1, 0.15) is 5.75 Å². The lowest BCUT2D eigenvalue weighted by Crippen LogP contribution is -2.23. The van der Waals surface area contributed by atoms with Gasteiger partial charge in [-0.3, -0.25) is 4.79 Å². The van der Waals surface area contributed by atoms with Crippen LogP contribution in [0.3, 0.4) is 0 Å². The summed E-state index contributed by atoms with van der Waals surface area (Å²) in [6, 6.07) is 7.47. The van der Waals surface area contributed by atoms with Crippen LogP contribution in [-0.4, -0.2) is 18.9 Å². The van der Waals surface area contributed by atoms with E-state index in [-0.39, 0.29) is 5.24 Å². The molecule has 3 nitrogen and oxygen atoms in total. The average Bonchev–Trinajstić information content (AvgIpc) is 2.26. The van der Waals surface area contributed by atoms with Crippen LogP contribution in [-0.2, 0) is 0 Å². The molecule has 0 aliphatic heterocycles. The molecule has 16 heavy (non-hydrogen) atoms. The Kier molecular flexibility index (Phi) is 5.19. The zero-order chi connectivity index (χ0) is 12.0. The molecule has 0 atom stereocenters. The fourth-order valence-corrected chi connectivity index (χ4v) is 1.79. The van der Waals surface area contributed by atoms with Gasteiger partial charge in [0, 0.05) is 11.4 Å². The summed E-state index contributed by atoms with van der Waals surface area (Å²) in [6.07, 6.45) is 0. The zero-order valence-corrected chi connectivity index (χ0v) is 10.6. The van der Waals surface area contributed by atoms with Gasteiger partial charge in [0.2, 0.25) is 0 Å². The summed E-state index contributed by atoms with van der Waals surface area (Å²) in [4.78, 5) is 12.4. The minimum absolute atomic E-state index is 0.0260. The highest BCUT2D eigenvalue weighted by Gasteiger charge is 2.05. The lowest BCUT2D eigenvalue weighted by Gasteiger charge is -2.07. The van der Waals surface area contributed by atoms with Crippen molar-refractivity contribution in [2.24, 2.45) is 5.92 Å². The van der Waals surface area contributed by atoms with Crippen molar-refractivity contribution in [3.8, 4) is 5.75 Å². The van der Waals surface area contributed by atoms with Gasteiger partial charge in [-0.25, -0.2) is 0 Å². The number of rotatable bonds is 4. The van der Waals surface area contributed by atoms with E-state index in [0.717, 1.165) is 10.6 Å². The molecule has 1 N–H and O–H groups in total. The number of hydrogen-bond donors (Lipinski definition) is 1. The molecule has 0 unspecified atom stereocenters. The number of amides is 1. The molecule has 1 rings (SSSR count). The minimum atomic E-state index is -0.0260. The number of benzene rings is 1. The van der Waals surface area contributed by atoms with E-state index >= 15 is 0 Å². The van der Waals surface area contributed by atoms with Crippen LogP contribution in [0.5, 0.6) is 5.75 Å². The topological polar surface area (TPSA) is 38.3 Å². The smallest absolute Gasteiger partial charge is 0.283 e. The van der Waals surface area contributed by atoms with E-state index in [1.807, 2.05) is 24.3 Å². The van der Waals surface area contributed by atoms with Crippen molar-refractivity contribution in [1.82, 2.24) is 5.32 Å². The second-order valence-corrected chi connectivity index (χ2v) is 4.89. The van der Waals surface area contributed by atoms with Gasteiger partial charge in [-0.05, 0) is 35.9 Å². The third-order valence-corrected chi connectivity index (χ3v) is 2.73. The third kappa shape index (κ3) is 4.57. The number of carbonyl (C=O) groups excluding carboxylic acids is 1. The molecule has 0 heterocycles. The molecule has 0 bridgehead atoms. The van der Waals surface area contributed by atoms with Crippen molar-refractivity contribution >= 4 is 17.0 Å². The maximum atomic E-state index is 11.5. The summed E-state index contributed by atoms with van der Waals surface area (Å²) in [6.45, 7) is 4.84. The number of hydrogen-bond acceptors (Lipinski definition) is 3. The lowest BCUT2D eigenvalue weighted by molar-refractivity contribution is 0.259. The molecule has 1 amide bonds. The normalized spacial score (nSPS) is 10.2. The number of carbonyl (C=O) groups is 1. The van der Waals surface area contributed by atoms with Gasteiger partial charge < -0.3 is 10.1 Å². The van der Waals surface area contributed by atoms with Gasteiger partial charge in [-0.2, -0.15) is 0 Å². The molecule has 0 spiro atoms. The summed E-state index contributed by atoms with van der Waals surface area (Å²) in [7, 11) is 1.61. The molecule has 4 heteroatoms. The van der Waals surface area contributed by atoms with Gasteiger partial charge in [0.25, 0.3) is 5.24 Å². The average molecular weight is 239 g/mol. The molecule has 0 saturated heterocycles. The van der Waals surface area contributed by atoms with Crippen LogP contribution >= 0.6 is 11.8 Å². The van der Waals surface area contributed by atoms with Crippen LogP contribution in [0.15, 0.2) is 29.2 Å². The lowest BCUT2D eigenvalue weighted by atomic mass is 10.2. The van der Waals surface area contributed by atoms with Crippen LogP contribution in [0.4, 0.5) is 4.79 Å². The predicted molar refractivity (Wildman–Crippen MR) is 67.1 cm³/mol. The molecular weight excluding hydrogens is 222 g/mol. The van der Waals surface area contributed by atoms with Gasteiger partial charge in [-0.15, -0.1) is 0 Å². The largest absolute Gasteiger partial charge is 0.497 e. The number of thioether (sulfide) groups is 1. The summed E-state index contributed by atoms with van der Waals surface area (Å²) >= 11 is 1.19. The molecule has 1 aromatic carbocycles. The van der Waals surface area contributed by atoms with E-state index in [9.17, 15) is 4.79 Å². The third-order valence-electron chi connectivity index (χ3n) is 1.91. The van der Waals surface area contributed by atoms with Crippen LogP contribution in [0.1, 0.15) is 13.8 Å². The van der Waals surface area contributed by atoms with Crippen molar-refractivity contribution in [2.45, 2.75) is 18.7 Å². The Balaban J connectivity index is 2.49. The number of nitrogens with one attached hydrogen (secondary N) is 1. The molecule has 0 radical (unpaired) electrons. The van der Waals surface area contributed by atoms with E-state index in [4.69, 9.17) is 4.74 Å². The van der Waals surface area contributed by atoms with Crippen molar-refractivity contribution in [1.29, 1.82) is 0 Å². The first-order valence-corrected chi connectivity index (χ1v) is 6.03. The van der Waals surface area contributed by atoms with Gasteiger partial charge in [0.05, 0.1) is 7.11 Å². The van der Waals surface area contributed by atoms with Crippen molar-refractivity contribution in [3.63, 3.8) is 0 Å². The second-order valence-electron chi connectivity index (χ2n) is 3.84. The maximum Gasteiger partial charge on any atom is 0.283 e. The van der Waals surface area contributed by atoms with Crippen LogP contribution in [0.2, 0.25) is 0 Å². The maximum absolute atomic E-state index is 11.5. The standard InChI is InChI=1S/C12H17NO2S/c1-9(2)8-13-12(14)16-11-6-4-5-10(7-11)15-3/h4-7,9H,8H2,1-3H3,(H,13,14). The minimum Gasteiger partial charge on any atom is -0.497 e. The SMILES string of the molecule is COc1cccc(SC(=O)NCC(C)C)c1. The Labute approximate surface area is 101 Å². The summed E-state index contributed by atoms with van der Waals surface area (Å²) in [5.41, 5.74) is 0. The zero-order valence-electron chi connectivity index (χ0n) is 9.82. The van der Waals surface area contributed by atoms with Crippen LogP contribution in [0.25, 0.3) is 0 Å². The van der Waals surface area contributed by atoms with Gasteiger partial charge in [-0.1, -0.05) is 19.9 Å². The highest BCUT2D eigenvalue weighted by Crippen LogP contribution is 2.23. The summed E-state index contributed by atoms with van der Waals surface area (Å²) in [5, 5.41) is 2.83. The molecule has 0 aliphatic rings. The fourth-order valence-electron chi connectivity index (χ4n) is 1.10. The molecule has 88 valence electrons. The second kappa shape index (κ2) is 6.43. The van der Waals surface area contributed by atoms with Crippen molar-refractivity contribution in [3.05, 3.63) is 24.3 Å². The Hall–Kier alpha value is -1.16. The van der Waals surface area contributed by atoms with Crippen molar-refractivity contribution < 1.29 is 9.53 Å². The Morgan fingerprint density at radius 2 is 2.25 bits per heavy atom. The molecule has 0 saturated carbocycles. The van der Waals surface area contributed by atoms with Crippen LogP contribution in [0, 0.1) is 5.92 Å². The molecule has 0 aliphatic carbocycles. The molecule has 0 fully saturated rings. The highest BCUT2D eigenvalue weighted by atomic mass is 32.2. The van der Waals surface area contributed by atoms with E-state index in [1.165, 1.54) is 11.8 Å². The summed E-state index contributed by atoms with van der Waals surface area (Å²) < 4.78 is 5.09. The van der Waals surface area contributed by atoms with Gasteiger partial charge in [0.15, 0.2) is 0 Å². The number of methoxy groups -OCH3 is 1. The van der Waals surface area contributed by atoms with Gasteiger partial charge >= 0.3 is 0 Å². The quantitative estimate of drug-likeness (QED) is 0.820. The number of ether oxygens (including phenoxy) is 1. The van der Waals surface area contributed by atoms with Crippen LogP contribution < -0.4 is 10.1 Å². The van der Waals surface area contributed by atoms with Crippen molar-refractivity contribution in [2.75, 3.05) is 13.7 Å². The first-order valence-electron chi connectivity index (χ1n) is 5.21.